The fourth-order valence-electron chi connectivity index (χ4n) is 3.38. The third-order valence-electron chi connectivity index (χ3n) is 5.14. The molecule has 1 aliphatic rings. The first-order valence-electron chi connectivity index (χ1n) is 10.6. The number of pyridine rings is 2. The van der Waals surface area contributed by atoms with E-state index in [2.05, 4.69) is 15.3 Å². The highest BCUT2D eigenvalue weighted by Crippen LogP contribution is 2.30. The first-order chi connectivity index (χ1) is 16.3. The lowest BCUT2D eigenvalue weighted by molar-refractivity contribution is -0.141. The molecule has 0 spiro atoms. The predicted octanol–water partition coefficient (Wildman–Crippen LogP) is 3.42. The molecule has 1 aromatic carbocycles. The van der Waals surface area contributed by atoms with E-state index in [0.717, 1.165) is 12.3 Å². The first-order valence-corrected chi connectivity index (χ1v) is 10.6. The van der Waals surface area contributed by atoms with Gasteiger partial charge in [-0.1, -0.05) is 6.07 Å². The number of nitrogens with one attached hydrogen (secondary N) is 1. The fraction of sp³-hybridized carbons (Fsp3) is 0.304. The Hall–Kier alpha value is -3.73. The summed E-state index contributed by atoms with van der Waals surface area (Å²) in [4.78, 5) is 34.0. The van der Waals surface area contributed by atoms with Gasteiger partial charge in [0.15, 0.2) is 0 Å². The minimum absolute atomic E-state index is 0.0363. The highest BCUT2D eigenvalue weighted by Gasteiger charge is 2.32. The monoisotopic (exact) mass is 474 g/mol. The van der Waals surface area contributed by atoms with E-state index in [1.165, 1.54) is 6.07 Å². The number of alkyl halides is 3. The van der Waals surface area contributed by atoms with Gasteiger partial charge in [0.25, 0.3) is 5.91 Å². The average molecular weight is 474 g/mol. The second kappa shape index (κ2) is 10.0. The number of amides is 2. The summed E-state index contributed by atoms with van der Waals surface area (Å²) >= 11 is 0. The molecule has 0 atom stereocenters. The van der Waals surface area contributed by atoms with Crippen molar-refractivity contribution in [3.05, 3.63) is 60.0 Å². The van der Waals surface area contributed by atoms with Crippen LogP contribution in [-0.4, -0.2) is 59.5 Å². The van der Waals surface area contributed by atoms with Gasteiger partial charge in [0.1, 0.15) is 22.9 Å². The summed E-state index contributed by atoms with van der Waals surface area (Å²) in [5.74, 6) is 0.108. The summed E-state index contributed by atoms with van der Waals surface area (Å²) in [7, 11) is 0. The molecule has 1 fully saturated rings. The molecule has 4 rings (SSSR count). The number of nitrogens with zero attached hydrogens (tertiary/aromatic N) is 3. The van der Waals surface area contributed by atoms with E-state index < -0.39 is 17.8 Å². The van der Waals surface area contributed by atoms with Crippen LogP contribution in [0.1, 0.15) is 22.6 Å². The van der Waals surface area contributed by atoms with Crippen molar-refractivity contribution in [2.45, 2.75) is 12.6 Å². The lowest BCUT2D eigenvalue weighted by atomic mass is 10.2. The highest BCUT2D eigenvalue weighted by molar-refractivity contribution is 5.95. The Kier molecular flexibility index (Phi) is 6.92. The van der Waals surface area contributed by atoms with Crippen molar-refractivity contribution >= 4 is 22.7 Å². The molecule has 11 heteroatoms. The molecule has 178 valence electrons. The normalized spacial score (nSPS) is 14.1. The average Bonchev–Trinajstić information content (AvgIpc) is 2.84. The summed E-state index contributed by atoms with van der Waals surface area (Å²) in [6.07, 6.45) is -3.32. The number of ether oxygens (including phenoxy) is 2. The number of morpholine rings is 1. The van der Waals surface area contributed by atoms with Crippen LogP contribution in [0.2, 0.25) is 0 Å². The first kappa shape index (κ1) is 23.4. The topological polar surface area (TPSA) is 93.7 Å². The second-order valence-corrected chi connectivity index (χ2v) is 7.53. The predicted molar refractivity (Wildman–Crippen MR) is 115 cm³/mol. The maximum Gasteiger partial charge on any atom is 0.433 e. The Labute approximate surface area is 192 Å². The van der Waals surface area contributed by atoms with Gasteiger partial charge in [-0.25, -0.2) is 9.97 Å². The molecule has 0 bridgehead atoms. The van der Waals surface area contributed by atoms with E-state index >= 15 is 0 Å². The standard InChI is InChI=1S/C23H21F3N4O4/c24-23(25,26)20-6-3-17(14-28-20)34-16-2-5-18-15(13-16)1-4-19(29-18)22(32)27-8-7-21(31)30-9-11-33-12-10-30/h1-6,13-14H,7-12H2,(H,27,32). The van der Waals surface area contributed by atoms with Crippen molar-refractivity contribution in [1.82, 2.24) is 20.2 Å². The van der Waals surface area contributed by atoms with Crippen molar-refractivity contribution in [2.75, 3.05) is 32.8 Å². The number of benzene rings is 1. The molecule has 1 saturated heterocycles. The Bertz CT molecular complexity index is 1180. The zero-order valence-electron chi connectivity index (χ0n) is 18.0. The number of aromatic nitrogens is 2. The zero-order chi connectivity index (χ0) is 24.1. The smallest absolute Gasteiger partial charge is 0.433 e. The van der Waals surface area contributed by atoms with Crippen molar-refractivity contribution in [1.29, 1.82) is 0 Å². The quantitative estimate of drug-likeness (QED) is 0.589. The van der Waals surface area contributed by atoms with Crippen LogP contribution in [0.5, 0.6) is 11.5 Å². The maximum atomic E-state index is 12.6. The molecule has 1 aliphatic heterocycles. The fourth-order valence-corrected chi connectivity index (χ4v) is 3.38. The minimum atomic E-state index is -4.52. The Morgan fingerprint density at radius 3 is 2.53 bits per heavy atom. The Morgan fingerprint density at radius 1 is 1.06 bits per heavy atom. The van der Waals surface area contributed by atoms with Crippen LogP contribution < -0.4 is 10.1 Å². The number of carbonyl (C=O) groups is 2. The SMILES string of the molecule is O=C(NCCC(=O)N1CCOCC1)c1ccc2cc(Oc3ccc(C(F)(F)F)nc3)ccc2n1. The van der Waals surface area contributed by atoms with Gasteiger partial charge in [0.05, 0.1) is 24.9 Å². The van der Waals surface area contributed by atoms with Gasteiger partial charge >= 0.3 is 6.18 Å². The lowest BCUT2D eigenvalue weighted by Crippen LogP contribution is -2.42. The third-order valence-corrected chi connectivity index (χ3v) is 5.14. The second-order valence-electron chi connectivity index (χ2n) is 7.53. The van der Waals surface area contributed by atoms with Crippen molar-refractivity contribution in [3.8, 4) is 11.5 Å². The van der Waals surface area contributed by atoms with Gasteiger partial charge in [0.2, 0.25) is 5.91 Å². The molecule has 34 heavy (non-hydrogen) atoms. The number of carbonyl (C=O) groups excluding carboxylic acids is 2. The van der Waals surface area contributed by atoms with E-state index in [1.54, 1.807) is 35.2 Å². The molecule has 0 radical (unpaired) electrons. The molecule has 1 N–H and O–H groups in total. The van der Waals surface area contributed by atoms with Gasteiger partial charge in [-0.3, -0.25) is 9.59 Å². The van der Waals surface area contributed by atoms with Crippen LogP contribution in [0.3, 0.4) is 0 Å². The van der Waals surface area contributed by atoms with Crippen LogP contribution in [0.25, 0.3) is 10.9 Å². The van der Waals surface area contributed by atoms with Crippen molar-refractivity contribution in [3.63, 3.8) is 0 Å². The molecule has 2 amide bonds. The van der Waals surface area contributed by atoms with Crippen LogP contribution in [-0.2, 0) is 15.7 Å². The zero-order valence-corrected chi connectivity index (χ0v) is 18.0. The molecule has 3 heterocycles. The van der Waals surface area contributed by atoms with E-state index in [1.807, 2.05) is 0 Å². The van der Waals surface area contributed by atoms with Gasteiger partial charge in [-0.15, -0.1) is 0 Å². The van der Waals surface area contributed by atoms with Crippen LogP contribution in [0.15, 0.2) is 48.7 Å². The molecule has 0 aliphatic carbocycles. The molecule has 0 saturated carbocycles. The largest absolute Gasteiger partial charge is 0.456 e. The molecule has 0 unspecified atom stereocenters. The summed E-state index contributed by atoms with van der Waals surface area (Å²) in [6.45, 7) is 2.35. The number of hydrogen-bond donors (Lipinski definition) is 1. The summed E-state index contributed by atoms with van der Waals surface area (Å²) < 4.78 is 48.7. The minimum Gasteiger partial charge on any atom is -0.456 e. The van der Waals surface area contributed by atoms with E-state index in [0.29, 0.717) is 43.0 Å². The van der Waals surface area contributed by atoms with E-state index in [4.69, 9.17) is 9.47 Å². The molecule has 2 aromatic heterocycles. The third kappa shape index (κ3) is 5.79. The number of halogens is 3. The van der Waals surface area contributed by atoms with Crippen LogP contribution >= 0.6 is 0 Å². The van der Waals surface area contributed by atoms with Crippen LogP contribution in [0, 0.1) is 0 Å². The molecule has 8 nitrogen and oxygen atoms in total. The molecular weight excluding hydrogens is 453 g/mol. The van der Waals surface area contributed by atoms with Gasteiger partial charge in [-0.05, 0) is 36.4 Å². The maximum absolute atomic E-state index is 12.6. The van der Waals surface area contributed by atoms with Crippen LogP contribution in [0.4, 0.5) is 13.2 Å². The molecule has 3 aromatic rings. The van der Waals surface area contributed by atoms with Crippen molar-refractivity contribution in [2.24, 2.45) is 0 Å². The summed E-state index contributed by atoms with van der Waals surface area (Å²) in [6, 6.07) is 10.2. The van der Waals surface area contributed by atoms with E-state index in [9.17, 15) is 22.8 Å². The van der Waals surface area contributed by atoms with Gasteiger partial charge < -0.3 is 19.7 Å². The van der Waals surface area contributed by atoms with Crippen molar-refractivity contribution < 1.29 is 32.2 Å². The van der Waals surface area contributed by atoms with Gasteiger partial charge in [0, 0.05) is 31.4 Å². The Morgan fingerprint density at radius 2 is 1.82 bits per heavy atom. The highest BCUT2D eigenvalue weighted by atomic mass is 19.4. The molecular formula is C23H21F3N4O4. The number of rotatable bonds is 6. The number of fused-ring (bicyclic) bond motifs is 1. The lowest BCUT2D eigenvalue weighted by Gasteiger charge is -2.26. The van der Waals surface area contributed by atoms with E-state index in [-0.39, 0.29) is 30.3 Å². The van der Waals surface area contributed by atoms with Gasteiger partial charge in [-0.2, -0.15) is 13.2 Å². The summed E-state index contributed by atoms with van der Waals surface area (Å²) in [5.41, 5.74) is -0.263. The summed E-state index contributed by atoms with van der Waals surface area (Å²) in [5, 5.41) is 3.38. The number of hydrogen-bond acceptors (Lipinski definition) is 6. The Balaban J connectivity index is 1.35.